The fourth-order valence-corrected chi connectivity index (χ4v) is 4.47. The molecule has 0 fully saturated rings. The van der Waals surface area contributed by atoms with Crippen molar-refractivity contribution in [2.75, 3.05) is 17.2 Å². The smallest absolute Gasteiger partial charge is 0.229 e. The summed E-state index contributed by atoms with van der Waals surface area (Å²) in [5, 5.41) is 17.8. The number of halogens is 1. The fourth-order valence-electron chi connectivity index (χ4n) is 4.30. The van der Waals surface area contributed by atoms with Gasteiger partial charge < -0.3 is 15.6 Å². The molecular formula is C26H22ClN7. The van der Waals surface area contributed by atoms with Crippen LogP contribution < -0.4 is 10.6 Å². The number of hydrogen-bond donors (Lipinski definition) is 4. The van der Waals surface area contributed by atoms with Crippen LogP contribution in [0.3, 0.4) is 0 Å². The van der Waals surface area contributed by atoms with Gasteiger partial charge in [-0.25, -0.2) is 4.98 Å². The summed E-state index contributed by atoms with van der Waals surface area (Å²) in [5.41, 5.74) is 6.24. The van der Waals surface area contributed by atoms with E-state index in [1.54, 1.807) is 6.20 Å². The second-order valence-electron chi connectivity index (χ2n) is 8.34. The number of hydrogen-bond acceptors (Lipinski definition) is 5. The van der Waals surface area contributed by atoms with Crippen molar-refractivity contribution in [1.29, 1.82) is 0 Å². The van der Waals surface area contributed by atoms with Crippen molar-refractivity contribution in [3.63, 3.8) is 0 Å². The molecule has 0 amide bonds. The van der Waals surface area contributed by atoms with Gasteiger partial charge in [0, 0.05) is 45.1 Å². The second-order valence-corrected chi connectivity index (χ2v) is 8.78. The number of aryl methyl sites for hydroxylation is 1. The number of anilines is 3. The van der Waals surface area contributed by atoms with Gasteiger partial charge in [-0.2, -0.15) is 10.1 Å². The van der Waals surface area contributed by atoms with E-state index in [4.69, 9.17) is 21.6 Å². The topological polar surface area (TPSA) is 94.3 Å². The molecule has 0 bridgehead atoms. The van der Waals surface area contributed by atoms with E-state index in [0.717, 1.165) is 57.4 Å². The highest BCUT2D eigenvalue weighted by Gasteiger charge is 2.11. The van der Waals surface area contributed by atoms with E-state index in [9.17, 15) is 0 Å². The lowest BCUT2D eigenvalue weighted by Gasteiger charge is -2.13. The summed E-state index contributed by atoms with van der Waals surface area (Å²) in [6.07, 6.45) is 4.74. The van der Waals surface area contributed by atoms with Crippen LogP contribution in [-0.2, 0) is 6.42 Å². The Morgan fingerprint density at radius 3 is 2.82 bits per heavy atom. The SMILES string of the molecule is Cc1cc2[nH]ncc2cc1Nc1nc(NCCc2c[nH]c3ccccc23)c2cc(Cl)ccc2n1. The van der Waals surface area contributed by atoms with E-state index in [0.29, 0.717) is 11.0 Å². The van der Waals surface area contributed by atoms with Crippen molar-refractivity contribution >= 4 is 61.8 Å². The van der Waals surface area contributed by atoms with Crippen LogP contribution in [0.4, 0.5) is 17.5 Å². The van der Waals surface area contributed by atoms with Crippen LogP contribution in [0.2, 0.25) is 5.02 Å². The number of aromatic amines is 2. The molecule has 8 heteroatoms. The summed E-state index contributed by atoms with van der Waals surface area (Å²) >= 11 is 6.29. The number of rotatable bonds is 6. The summed E-state index contributed by atoms with van der Waals surface area (Å²) in [6, 6.07) is 18.1. The molecule has 0 atom stereocenters. The first kappa shape index (κ1) is 20.5. The predicted octanol–water partition coefficient (Wildman–Crippen LogP) is 6.35. The molecule has 0 radical (unpaired) electrons. The minimum absolute atomic E-state index is 0.523. The van der Waals surface area contributed by atoms with Crippen molar-refractivity contribution in [1.82, 2.24) is 25.1 Å². The van der Waals surface area contributed by atoms with Crippen molar-refractivity contribution < 1.29 is 0 Å². The third-order valence-electron chi connectivity index (χ3n) is 6.05. The molecular weight excluding hydrogens is 446 g/mol. The van der Waals surface area contributed by atoms with Gasteiger partial charge in [-0.05, 0) is 60.9 Å². The average Bonchev–Trinajstić information content (AvgIpc) is 3.46. The lowest BCUT2D eigenvalue weighted by atomic mass is 10.1. The van der Waals surface area contributed by atoms with E-state index in [-0.39, 0.29) is 0 Å². The van der Waals surface area contributed by atoms with E-state index in [1.165, 1.54) is 10.9 Å². The first-order chi connectivity index (χ1) is 16.6. The third kappa shape index (κ3) is 3.80. The molecule has 34 heavy (non-hydrogen) atoms. The van der Waals surface area contributed by atoms with E-state index in [1.807, 2.05) is 37.3 Å². The minimum atomic E-state index is 0.523. The van der Waals surface area contributed by atoms with Crippen molar-refractivity contribution in [2.45, 2.75) is 13.3 Å². The van der Waals surface area contributed by atoms with Gasteiger partial charge in [0.25, 0.3) is 0 Å². The van der Waals surface area contributed by atoms with Crippen molar-refractivity contribution in [3.05, 3.63) is 83.1 Å². The maximum Gasteiger partial charge on any atom is 0.229 e. The molecule has 0 spiro atoms. The molecule has 0 aliphatic carbocycles. The van der Waals surface area contributed by atoms with Crippen LogP contribution in [0.5, 0.6) is 0 Å². The quantitative estimate of drug-likeness (QED) is 0.229. The highest BCUT2D eigenvalue weighted by atomic mass is 35.5. The Balaban J connectivity index is 1.31. The normalized spacial score (nSPS) is 11.5. The summed E-state index contributed by atoms with van der Waals surface area (Å²) in [7, 11) is 0. The third-order valence-corrected chi connectivity index (χ3v) is 6.29. The molecule has 4 N–H and O–H groups in total. The van der Waals surface area contributed by atoms with Crippen LogP contribution >= 0.6 is 11.6 Å². The Labute approximate surface area is 200 Å². The van der Waals surface area contributed by atoms with Crippen molar-refractivity contribution in [2.24, 2.45) is 0 Å². The molecule has 3 aromatic heterocycles. The Morgan fingerprint density at radius 1 is 0.971 bits per heavy atom. The summed E-state index contributed by atoms with van der Waals surface area (Å²) in [4.78, 5) is 12.9. The highest BCUT2D eigenvalue weighted by molar-refractivity contribution is 6.31. The largest absolute Gasteiger partial charge is 0.369 e. The molecule has 0 saturated heterocycles. The number of H-pyrrole nitrogens is 2. The maximum absolute atomic E-state index is 6.29. The van der Waals surface area contributed by atoms with Crippen molar-refractivity contribution in [3.8, 4) is 0 Å². The fraction of sp³-hybridized carbons (Fsp3) is 0.115. The van der Waals surface area contributed by atoms with Gasteiger partial charge in [0.1, 0.15) is 5.82 Å². The number of benzene rings is 3. The zero-order valence-corrected chi connectivity index (χ0v) is 19.2. The number of nitrogens with one attached hydrogen (secondary N) is 4. The summed E-state index contributed by atoms with van der Waals surface area (Å²) in [6.45, 7) is 2.77. The Morgan fingerprint density at radius 2 is 1.88 bits per heavy atom. The summed E-state index contributed by atoms with van der Waals surface area (Å²) in [5.74, 6) is 1.27. The lowest BCUT2D eigenvalue weighted by molar-refractivity contribution is 1.01. The van der Waals surface area contributed by atoms with Gasteiger partial charge >= 0.3 is 0 Å². The predicted molar refractivity (Wildman–Crippen MR) is 139 cm³/mol. The van der Waals surface area contributed by atoms with Crippen LogP contribution in [0.15, 0.2) is 67.0 Å². The number of fused-ring (bicyclic) bond motifs is 3. The first-order valence-corrected chi connectivity index (χ1v) is 11.5. The van der Waals surface area contributed by atoms with Gasteiger partial charge in [0.2, 0.25) is 5.95 Å². The monoisotopic (exact) mass is 467 g/mol. The van der Waals surface area contributed by atoms with E-state index >= 15 is 0 Å². The summed E-state index contributed by atoms with van der Waals surface area (Å²) < 4.78 is 0. The van der Waals surface area contributed by atoms with Crippen LogP contribution in [0.1, 0.15) is 11.1 Å². The molecule has 3 aromatic carbocycles. The molecule has 3 heterocycles. The van der Waals surface area contributed by atoms with Gasteiger partial charge in [-0.15, -0.1) is 0 Å². The lowest BCUT2D eigenvalue weighted by Crippen LogP contribution is -2.09. The number of para-hydroxylation sites is 1. The van der Waals surface area contributed by atoms with Gasteiger partial charge in [0.05, 0.1) is 17.2 Å². The Hall–Kier alpha value is -4.10. The zero-order chi connectivity index (χ0) is 23.1. The van der Waals surface area contributed by atoms with Gasteiger partial charge in [-0.1, -0.05) is 29.8 Å². The minimum Gasteiger partial charge on any atom is -0.369 e. The molecule has 168 valence electrons. The van der Waals surface area contributed by atoms with Crippen LogP contribution in [-0.4, -0.2) is 31.7 Å². The highest BCUT2D eigenvalue weighted by Crippen LogP contribution is 2.29. The number of nitrogens with zero attached hydrogens (tertiary/aromatic N) is 3. The molecule has 0 saturated carbocycles. The van der Waals surface area contributed by atoms with Crippen LogP contribution in [0, 0.1) is 6.92 Å². The first-order valence-electron chi connectivity index (χ1n) is 11.1. The molecule has 0 aliphatic heterocycles. The Bertz CT molecular complexity index is 1650. The standard InChI is InChI=1S/C26H22ClN7/c1-15-10-24-17(14-30-34-24)11-23(15)32-26-31-22-7-6-18(27)12-20(22)25(33-26)28-9-8-16-13-29-21-5-3-2-4-19(16)21/h2-7,10-14,29H,8-9H2,1H3,(H,30,34)(H2,28,31,32,33). The molecule has 0 aliphatic rings. The van der Waals surface area contributed by atoms with Gasteiger partial charge in [-0.3, -0.25) is 5.10 Å². The van der Waals surface area contributed by atoms with Crippen LogP contribution in [0.25, 0.3) is 32.7 Å². The molecule has 7 nitrogen and oxygen atoms in total. The Kier molecular flexibility index (Phi) is 5.04. The van der Waals surface area contributed by atoms with Gasteiger partial charge in [0.15, 0.2) is 0 Å². The average molecular weight is 468 g/mol. The molecule has 0 unspecified atom stereocenters. The zero-order valence-electron chi connectivity index (χ0n) is 18.5. The second kappa shape index (κ2) is 8.35. The maximum atomic E-state index is 6.29. The molecule has 6 rings (SSSR count). The number of aromatic nitrogens is 5. The van der Waals surface area contributed by atoms with E-state index in [2.05, 4.69) is 56.3 Å². The molecule has 6 aromatic rings. The van der Waals surface area contributed by atoms with E-state index < -0.39 is 0 Å².